The number of amides is 1. The van der Waals surface area contributed by atoms with Crippen LogP contribution in [0, 0.1) is 18.2 Å². The minimum absolute atomic E-state index is 0.0785. The summed E-state index contributed by atoms with van der Waals surface area (Å²) in [6.07, 6.45) is 5.58. The van der Waals surface area contributed by atoms with Crippen LogP contribution in [0.1, 0.15) is 22.8 Å². The summed E-state index contributed by atoms with van der Waals surface area (Å²) in [7, 11) is 1.56. The molecule has 0 aliphatic carbocycles. The third-order valence-corrected chi connectivity index (χ3v) is 5.92. The second-order valence-corrected chi connectivity index (χ2v) is 7.52. The number of nitrogens with one attached hydrogen (secondary N) is 1. The van der Waals surface area contributed by atoms with Gasteiger partial charge in [0.05, 0.1) is 12.8 Å². The first-order valence-electron chi connectivity index (χ1n) is 9.02. The fourth-order valence-corrected chi connectivity index (χ4v) is 4.67. The van der Waals surface area contributed by atoms with E-state index in [2.05, 4.69) is 11.2 Å². The van der Waals surface area contributed by atoms with E-state index < -0.39 is 0 Å². The molecule has 0 saturated heterocycles. The van der Waals surface area contributed by atoms with Gasteiger partial charge in [-0.05, 0) is 35.4 Å². The van der Waals surface area contributed by atoms with Gasteiger partial charge in [0, 0.05) is 28.2 Å². The first-order valence-corrected chi connectivity index (χ1v) is 9.90. The molecule has 3 aromatic rings. The van der Waals surface area contributed by atoms with E-state index in [0.29, 0.717) is 17.9 Å². The fourth-order valence-electron chi connectivity index (χ4n) is 3.50. The third kappa shape index (κ3) is 3.69. The highest BCUT2D eigenvalue weighted by Gasteiger charge is 2.31. The second kappa shape index (κ2) is 7.98. The van der Waals surface area contributed by atoms with Crippen molar-refractivity contribution in [3.63, 3.8) is 0 Å². The van der Waals surface area contributed by atoms with Gasteiger partial charge in [0.1, 0.15) is 12.4 Å². The van der Waals surface area contributed by atoms with E-state index >= 15 is 0 Å². The number of thiophene rings is 1. The van der Waals surface area contributed by atoms with Crippen LogP contribution in [-0.2, 0) is 4.79 Å². The highest BCUT2D eigenvalue weighted by atomic mass is 32.1. The molecule has 1 aliphatic heterocycles. The van der Waals surface area contributed by atoms with Crippen LogP contribution >= 0.6 is 11.3 Å². The molecule has 0 radical (unpaired) electrons. The molecule has 4 nitrogen and oxygen atoms in total. The Kier molecular flexibility index (Phi) is 5.24. The van der Waals surface area contributed by atoms with Gasteiger partial charge in [-0.1, -0.05) is 24.1 Å². The lowest BCUT2D eigenvalue weighted by Crippen LogP contribution is -2.22. The maximum Gasteiger partial charge on any atom is 0.225 e. The Labute approximate surface area is 172 Å². The number of methoxy groups -OCH3 is 1. The molecule has 0 unspecified atom stereocenters. The normalized spacial score (nSPS) is 15.2. The number of hydrogen-bond acceptors (Lipinski definition) is 4. The maximum atomic E-state index is 13.7. The Morgan fingerprint density at radius 1 is 1.28 bits per heavy atom. The Morgan fingerprint density at radius 3 is 2.90 bits per heavy atom. The van der Waals surface area contributed by atoms with E-state index in [0.717, 1.165) is 27.3 Å². The van der Waals surface area contributed by atoms with Crippen molar-refractivity contribution in [2.24, 2.45) is 0 Å². The van der Waals surface area contributed by atoms with E-state index in [1.807, 2.05) is 23.6 Å². The Balaban J connectivity index is 1.75. The summed E-state index contributed by atoms with van der Waals surface area (Å²) < 4.78 is 24.7. The minimum Gasteiger partial charge on any atom is -0.493 e. The molecule has 1 aromatic heterocycles. The van der Waals surface area contributed by atoms with Gasteiger partial charge >= 0.3 is 0 Å². The van der Waals surface area contributed by atoms with Gasteiger partial charge in [-0.25, -0.2) is 4.39 Å². The largest absolute Gasteiger partial charge is 0.493 e. The minimum atomic E-state index is -0.312. The molecule has 1 aliphatic rings. The van der Waals surface area contributed by atoms with Crippen molar-refractivity contribution >= 4 is 22.9 Å². The van der Waals surface area contributed by atoms with E-state index in [1.165, 1.54) is 12.1 Å². The molecule has 1 amide bonds. The SMILES string of the molecule is C#CCOc1ccc([C@H]2CC(=O)Nc3c(-c4cccc(F)c4)csc32)cc1OC. The van der Waals surface area contributed by atoms with Crippen LogP contribution in [0.5, 0.6) is 11.5 Å². The summed E-state index contributed by atoms with van der Waals surface area (Å²) in [4.78, 5) is 13.5. The predicted octanol–water partition coefficient (Wildman–Crippen LogP) is 5.05. The zero-order valence-electron chi connectivity index (χ0n) is 15.7. The Hall–Kier alpha value is -3.30. The third-order valence-electron chi connectivity index (χ3n) is 4.83. The van der Waals surface area contributed by atoms with Crippen LogP contribution in [0.3, 0.4) is 0 Å². The van der Waals surface area contributed by atoms with Gasteiger partial charge in [-0.2, -0.15) is 0 Å². The van der Waals surface area contributed by atoms with E-state index in [1.54, 1.807) is 30.6 Å². The quantitative estimate of drug-likeness (QED) is 0.602. The van der Waals surface area contributed by atoms with Crippen LogP contribution in [0.2, 0.25) is 0 Å². The average molecular weight is 407 g/mol. The summed E-state index contributed by atoms with van der Waals surface area (Å²) in [6.45, 7) is 0.146. The molecule has 29 heavy (non-hydrogen) atoms. The summed E-state index contributed by atoms with van der Waals surface area (Å²) in [5, 5.41) is 4.92. The monoisotopic (exact) mass is 407 g/mol. The van der Waals surface area contributed by atoms with Gasteiger partial charge in [-0.15, -0.1) is 17.8 Å². The van der Waals surface area contributed by atoms with Gasteiger partial charge in [0.2, 0.25) is 5.91 Å². The number of anilines is 1. The molecular formula is C23H18FNO3S. The lowest BCUT2D eigenvalue weighted by Gasteiger charge is -2.24. The molecule has 0 bridgehead atoms. The highest BCUT2D eigenvalue weighted by Crippen LogP contribution is 2.47. The molecular weight excluding hydrogens is 389 g/mol. The zero-order valence-corrected chi connectivity index (χ0v) is 16.5. The summed E-state index contributed by atoms with van der Waals surface area (Å²) in [5.74, 6) is 3.04. The molecule has 6 heteroatoms. The predicted molar refractivity (Wildman–Crippen MR) is 112 cm³/mol. The van der Waals surface area contributed by atoms with Crippen LogP contribution in [0.15, 0.2) is 47.8 Å². The molecule has 1 N–H and O–H groups in total. The van der Waals surface area contributed by atoms with Crippen LogP contribution in [0.25, 0.3) is 11.1 Å². The lowest BCUT2D eigenvalue weighted by molar-refractivity contribution is -0.116. The molecule has 0 spiro atoms. The molecule has 4 rings (SSSR count). The lowest BCUT2D eigenvalue weighted by atomic mass is 9.89. The Morgan fingerprint density at radius 2 is 2.14 bits per heavy atom. The number of hydrogen-bond donors (Lipinski definition) is 1. The summed E-state index contributed by atoms with van der Waals surface area (Å²) >= 11 is 1.55. The van der Waals surface area contributed by atoms with Crippen molar-refractivity contribution in [1.82, 2.24) is 0 Å². The van der Waals surface area contributed by atoms with Crippen molar-refractivity contribution in [2.75, 3.05) is 19.0 Å². The number of ether oxygens (including phenoxy) is 2. The van der Waals surface area contributed by atoms with E-state index in [4.69, 9.17) is 15.9 Å². The molecule has 2 aromatic carbocycles. The van der Waals surface area contributed by atoms with Gasteiger partial charge in [0.25, 0.3) is 0 Å². The Bertz CT molecular complexity index is 1120. The van der Waals surface area contributed by atoms with Crippen molar-refractivity contribution in [3.8, 4) is 35.0 Å². The smallest absolute Gasteiger partial charge is 0.225 e. The molecule has 1 atom stereocenters. The number of rotatable bonds is 5. The van der Waals surface area contributed by atoms with Crippen molar-refractivity contribution in [3.05, 3.63) is 64.1 Å². The summed E-state index contributed by atoms with van der Waals surface area (Å²) in [6, 6.07) is 12.0. The first-order chi connectivity index (χ1) is 14.1. The number of terminal acetylenes is 1. The highest BCUT2D eigenvalue weighted by molar-refractivity contribution is 7.11. The second-order valence-electron chi connectivity index (χ2n) is 6.61. The fraction of sp³-hybridized carbons (Fsp3) is 0.174. The maximum absolute atomic E-state index is 13.7. The number of fused-ring (bicyclic) bond motifs is 1. The first kappa shape index (κ1) is 19.0. The van der Waals surface area contributed by atoms with Gasteiger partial charge < -0.3 is 14.8 Å². The van der Waals surface area contributed by atoms with Crippen molar-refractivity contribution in [2.45, 2.75) is 12.3 Å². The number of benzene rings is 2. The summed E-state index contributed by atoms with van der Waals surface area (Å²) in [5.41, 5.74) is 3.25. The van der Waals surface area contributed by atoms with Gasteiger partial charge in [-0.3, -0.25) is 4.79 Å². The van der Waals surface area contributed by atoms with Crippen LogP contribution < -0.4 is 14.8 Å². The standard InChI is InChI=1S/C23H18FNO3S/c1-3-9-28-19-8-7-15(11-20(19)27-2)17-12-21(26)25-22-18(13-29-23(17)22)14-5-4-6-16(24)10-14/h1,4-8,10-11,13,17H,9,12H2,2H3,(H,25,26)/t17-/m1/s1. The number of carbonyl (C=O) groups is 1. The number of carbonyl (C=O) groups excluding carboxylic acids is 1. The molecule has 146 valence electrons. The number of halogens is 1. The van der Waals surface area contributed by atoms with Crippen LogP contribution in [0.4, 0.5) is 10.1 Å². The van der Waals surface area contributed by atoms with Crippen molar-refractivity contribution in [1.29, 1.82) is 0 Å². The van der Waals surface area contributed by atoms with Gasteiger partial charge in [0.15, 0.2) is 11.5 Å². The van der Waals surface area contributed by atoms with Crippen molar-refractivity contribution < 1.29 is 18.7 Å². The van der Waals surface area contributed by atoms with E-state index in [-0.39, 0.29) is 24.2 Å². The van der Waals surface area contributed by atoms with Crippen LogP contribution in [-0.4, -0.2) is 19.6 Å². The molecule has 0 fully saturated rings. The topological polar surface area (TPSA) is 47.6 Å². The molecule has 0 saturated carbocycles. The molecule has 2 heterocycles. The zero-order chi connectivity index (χ0) is 20.4. The average Bonchev–Trinajstić information content (AvgIpc) is 3.15. The van der Waals surface area contributed by atoms with E-state index in [9.17, 15) is 9.18 Å².